The highest BCUT2D eigenvalue weighted by Gasteiger charge is 2.45. The summed E-state index contributed by atoms with van der Waals surface area (Å²) in [6.07, 6.45) is 0. The maximum atomic E-state index is 14.0. The van der Waals surface area contributed by atoms with Gasteiger partial charge in [0, 0.05) is 19.1 Å². The van der Waals surface area contributed by atoms with Crippen LogP contribution in [0, 0.1) is 13.8 Å². The zero-order chi connectivity index (χ0) is 24.3. The Balaban J connectivity index is 1.74. The van der Waals surface area contributed by atoms with E-state index in [1.807, 2.05) is 73.7 Å². The van der Waals surface area contributed by atoms with Crippen molar-refractivity contribution in [2.45, 2.75) is 43.9 Å². The van der Waals surface area contributed by atoms with Crippen molar-refractivity contribution in [3.05, 3.63) is 101 Å². The van der Waals surface area contributed by atoms with Crippen LogP contribution in [-0.2, 0) is 33.0 Å². The molecular weight excluding hydrogens is 468 g/mol. The van der Waals surface area contributed by atoms with Crippen LogP contribution in [0.3, 0.4) is 0 Å². The standard InChI is InChI=1S/C26H30N2O4S2/c1-20-13-14-21(2)26(15-20)34(31,32)28(17-23-11-7-4-8-12-23)25-19-33(29,30)18-24(25)27-16-22-9-5-3-6-10-22/h3-15,24-25,27H,16-19H2,1-2H3/t24-,25-/m1/s1. The summed E-state index contributed by atoms with van der Waals surface area (Å²) < 4.78 is 54.9. The minimum atomic E-state index is -3.97. The third kappa shape index (κ3) is 5.58. The predicted molar refractivity (Wildman–Crippen MR) is 135 cm³/mol. The predicted octanol–water partition coefficient (Wildman–Crippen LogP) is 3.45. The first kappa shape index (κ1) is 24.6. The van der Waals surface area contributed by atoms with Gasteiger partial charge in [0.15, 0.2) is 9.84 Å². The average molecular weight is 499 g/mol. The van der Waals surface area contributed by atoms with Gasteiger partial charge in [-0.2, -0.15) is 4.31 Å². The fourth-order valence-corrected chi connectivity index (χ4v) is 8.42. The van der Waals surface area contributed by atoms with Crippen LogP contribution >= 0.6 is 0 Å². The fourth-order valence-electron chi connectivity index (χ4n) is 4.41. The summed E-state index contributed by atoms with van der Waals surface area (Å²) in [6, 6.07) is 23.1. The van der Waals surface area contributed by atoms with Crippen LogP contribution in [0.5, 0.6) is 0 Å². The first-order valence-electron chi connectivity index (χ1n) is 11.3. The summed E-state index contributed by atoms with van der Waals surface area (Å²) in [5.41, 5.74) is 3.29. The quantitative estimate of drug-likeness (QED) is 0.514. The molecule has 0 saturated carbocycles. The van der Waals surface area contributed by atoms with Crippen LogP contribution in [0.4, 0.5) is 0 Å². The Morgan fingerprint density at radius 2 is 1.50 bits per heavy atom. The van der Waals surface area contributed by atoms with Gasteiger partial charge in [-0.15, -0.1) is 0 Å². The van der Waals surface area contributed by atoms with E-state index in [9.17, 15) is 16.8 Å². The van der Waals surface area contributed by atoms with Gasteiger partial charge in [-0.25, -0.2) is 16.8 Å². The van der Waals surface area contributed by atoms with Gasteiger partial charge in [0.25, 0.3) is 0 Å². The molecule has 0 spiro atoms. The molecule has 0 aromatic heterocycles. The third-order valence-electron chi connectivity index (χ3n) is 6.22. The molecule has 0 amide bonds. The van der Waals surface area contributed by atoms with Gasteiger partial charge < -0.3 is 5.32 Å². The minimum Gasteiger partial charge on any atom is -0.307 e. The Morgan fingerprint density at radius 3 is 2.15 bits per heavy atom. The maximum Gasteiger partial charge on any atom is 0.243 e. The molecule has 0 unspecified atom stereocenters. The Labute approximate surface area is 202 Å². The largest absolute Gasteiger partial charge is 0.307 e. The van der Waals surface area contributed by atoms with E-state index in [0.717, 1.165) is 16.7 Å². The van der Waals surface area contributed by atoms with Crippen LogP contribution in [0.2, 0.25) is 0 Å². The SMILES string of the molecule is Cc1ccc(C)c(S(=O)(=O)N(Cc2ccccc2)[C@@H]2CS(=O)(=O)C[C@H]2NCc2ccccc2)c1. The van der Waals surface area contributed by atoms with E-state index in [4.69, 9.17) is 0 Å². The van der Waals surface area contributed by atoms with Crippen LogP contribution < -0.4 is 5.32 Å². The van der Waals surface area contributed by atoms with Gasteiger partial charge in [-0.1, -0.05) is 72.8 Å². The van der Waals surface area contributed by atoms with Crippen molar-refractivity contribution in [2.24, 2.45) is 0 Å². The molecule has 1 N–H and O–H groups in total. The molecule has 8 heteroatoms. The number of hydrogen-bond acceptors (Lipinski definition) is 5. The Hall–Kier alpha value is -2.52. The highest BCUT2D eigenvalue weighted by atomic mass is 32.2. The number of sulfonamides is 1. The second kappa shape index (κ2) is 10.00. The number of sulfone groups is 1. The summed E-state index contributed by atoms with van der Waals surface area (Å²) >= 11 is 0. The molecular formula is C26H30N2O4S2. The van der Waals surface area contributed by atoms with Crippen molar-refractivity contribution in [1.29, 1.82) is 0 Å². The monoisotopic (exact) mass is 498 g/mol. The second-order valence-electron chi connectivity index (χ2n) is 8.92. The van der Waals surface area contributed by atoms with Gasteiger partial charge in [0.1, 0.15) is 0 Å². The normalized spacial score (nSPS) is 20.0. The van der Waals surface area contributed by atoms with E-state index in [1.165, 1.54) is 4.31 Å². The number of rotatable bonds is 8. The van der Waals surface area contributed by atoms with Crippen LogP contribution in [0.1, 0.15) is 22.3 Å². The summed E-state index contributed by atoms with van der Waals surface area (Å²) in [7, 11) is -7.39. The number of nitrogens with one attached hydrogen (secondary N) is 1. The number of hydrogen-bond donors (Lipinski definition) is 1. The summed E-state index contributed by atoms with van der Waals surface area (Å²) in [5.74, 6) is -0.311. The zero-order valence-corrected chi connectivity index (χ0v) is 21.0. The third-order valence-corrected chi connectivity index (χ3v) is 9.94. The number of benzene rings is 3. The zero-order valence-electron chi connectivity index (χ0n) is 19.4. The molecule has 1 aliphatic heterocycles. The topological polar surface area (TPSA) is 83.6 Å². The molecule has 180 valence electrons. The van der Waals surface area contributed by atoms with Gasteiger partial charge in [0.2, 0.25) is 10.0 Å². The fraction of sp³-hybridized carbons (Fsp3) is 0.308. The van der Waals surface area contributed by atoms with Gasteiger partial charge in [0.05, 0.1) is 22.4 Å². The first-order valence-corrected chi connectivity index (χ1v) is 14.5. The molecule has 1 fully saturated rings. The van der Waals surface area contributed by atoms with Crippen molar-refractivity contribution in [1.82, 2.24) is 9.62 Å². The molecule has 0 bridgehead atoms. The van der Waals surface area contributed by atoms with Crippen LogP contribution in [-0.4, -0.2) is 44.7 Å². The smallest absolute Gasteiger partial charge is 0.243 e. The van der Waals surface area contributed by atoms with Crippen molar-refractivity contribution >= 4 is 19.9 Å². The van der Waals surface area contributed by atoms with E-state index < -0.39 is 31.9 Å². The minimum absolute atomic E-state index is 0.0975. The van der Waals surface area contributed by atoms with Crippen LogP contribution in [0.15, 0.2) is 83.8 Å². The van der Waals surface area contributed by atoms with Gasteiger partial charge >= 0.3 is 0 Å². The highest BCUT2D eigenvalue weighted by molar-refractivity contribution is 7.92. The van der Waals surface area contributed by atoms with E-state index >= 15 is 0 Å². The summed E-state index contributed by atoms with van der Waals surface area (Å²) in [6.45, 7) is 4.17. The molecule has 0 aliphatic carbocycles. The molecule has 4 rings (SSSR count). The molecule has 0 radical (unpaired) electrons. The lowest BCUT2D eigenvalue weighted by atomic mass is 10.1. The van der Waals surface area contributed by atoms with E-state index in [0.29, 0.717) is 12.1 Å². The Morgan fingerprint density at radius 1 is 0.882 bits per heavy atom. The van der Waals surface area contributed by atoms with Gasteiger partial charge in [-0.05, 0) is 42.2 Å². The molecule has 1 aliphatic rings. The molecule has 6 nitrogen and oxygen atoms in total. The molecule has 1 saturated heterocycles. The Bertz CT molecular complexity index is 1340. The second-order valence-corrected chi connectivity index (χ2v) is 12.9. The van der Waals surface area contributed by atoms with Crippen molar-refractivity contribution in [3.8, 4) is 0 Å². The van der Waals surface area contributed by atoms with Crippen LogP contribution in [0.25, 0.3) is 0 Å². The van der Waals surface area contributed by atoms with Crippen molar-refractivity contribution in [2.75, 3.05) is 11.5 Å². The van der Waals surface area contributed by atoms with Crippen molar-refractivity contribution in [3.63, 3.8) is 0 Å². The van der Waals surface area contributed by atoms with E-state index in [-0.39, 0.29) is 22.9 Å². The Kier molecular flexibility index (Phi) is 7.23. The lowest BCUT2D eigenvalue weighted by Gasteiger charge is -2.32. The highest BCUT2D eigenvalue weighted by Crippen LogP contribution is 2.29. The summed E-state index contributed by atoms with van der Waals surface area (Å²) in [5, 5.41) is 3.33. The first-order chi connectivity index (χ1) is 16.2. The number of aryl methyl sites for hydroxylation is 2. The van der Waals surface area contributed by atoms with E-state index in [1.54, 1.807) is 19.1 Å². The molecule has 2 atom stereocenters. The van der Waals surface area contributed by atoms with Gasteiger partial charge in [-0.3, -0.25) is 0 Å². The molecule has 34 heavy (non-hydrogen) atoms. The molecule has 3 aromatic carbocycles. The number of nitrogens with zero attached hydrogens (tertiary/aromatic N) is 1. The van der Waals surface area contributed by atoms with Crippen molar-refractivity contribution < 1.29 is 16.8 Å². The molecule has 1 heterocycles. The van der Waals surface area contributed by atoms with E-state index in [2.05, 4.69) is 5.32 Å². The average Bonchev–Trinajstić information content (AvgIpc) is 3.12. The maximum absolute atomic E-state index is 14.0. The molecule has 3 aromatic rings. The lowest BCUT2D eigenvalue weighted by Crippen LogP contribution is -2.51. The lowest BCUT2D eigenvalue weighted by molar-refractivity contribution is 0.286. The summed E-state index contributed by atoms with van der Waals surface area (Å²) in [4.78, 5) is 0.217.